The van der Waals surface area contributed by atoms with Gasteiger partial charge in [0.25, 0.3) is 5.91 Å². The lowest BCUT2D eigenvalue weighted by atomic mass is 10.1. The van der Waals surface area contributed by atoms with Crippen molar-refractivity contribution in [3.63, 3.8) is 0 Å². The summed E-state index contributed by atoms with van der Waals surface area (Å²) in [5.41, 5.74) is 2.94. The predicted octanol–water partition coefficient (Wildman–Crippen LogP) is 3.06. The molecule has 7 nitrogen and oxygen atoms in total. The monoisotopic (exact) mass is 378 g/mol. The van der Waals surface area contributed by atoms with E-state index >= 15 is 0 Å². The number of carbonyl (C=O) groups is 2. The van der Waals surface area contributed by atoms with Crippen molar-refractivity contribution in [3.8, 4) is 11.8 Å². The maximum atomic E-state index is 12.5. The van der Waals surface area contributed by atoms with Crippen LogP contribution >= 0.6 is 0 Å². The normalized spacial score (nSPS) is 13.2. The Bertz CT molecular complexity index is 935. The van der Waals surface area contributed by atoms with Crippen molar-refractivity contribution in [1.82, 2.24) is 5.32 Å². The van der Waals surface area contributed by atoms with Crippen LogP contribution in [0.25, 0.3) is 0 Å². The molecule has 0 radical (unpaired) electrons. The van der Waals surface area contributed by atoms with Gasteiger partial charge in [-0.05, 0) is 56.2 Å². The predicted molar refractivity (Wildman–Crippen MR) is 106 cm³/mol. The molecule has 0 unspecified atom stereocenters. The number of hydrogen-bond acceptors (Lipinski definition) is 4. The number of benzene rings is 2. The number of rotatable bonds is 5. The summed E-state index contributed by atoms with van der Waals surface area (Å²) in [5.74, 6) is 0.142. The smallest absolute Gasteiger partial charge is 0.321 e. The number of hydrogen-bond donors (Lipinski definition) is 2. The van der Waals surface area contributed by atoms with E-state index in [0.717, 1.165) is 17.7 Å². The van der Waals surface area contributed by atoms with E-state index in [-0.39, 0.29) is 11.9 Å². The van der Waals surface area contributed by atoms with Gasteiger partial charge in [-0.2, -0.15) is 5.26 Å². The van der Waals surface area contributed by atoms with E-state index < -0.39 is 6.10 Å². The van der Waals surface area contributed by atoms with Gasteiger partial charge in [-0.3, -0.25) is 9.69 Å². The minimum Gasteiger partial charge on any atom is -0.481 e. The van der Waals surface area contributed by atoms with Crippen LogP contribution in [0, 0.1) is 11.3 Å². The average molecular weight is 378 g/mol. The minimum absolute atomic E-state index is 0.140. The first-order valence-corrected chi connectivity index (χ1v) is 9.17. The zero-order valence-electron chi connectivity index (χ0n) is 15.9. The van der Waals surface area contributed by atoms with Crippen LogP contribution in [0.2, 0.25) is 0 Å². The second kappa shape index (κ2) is 8.44. The molecule has 0 bridgehead atoms. The molecular formula is C21H22N4O3. The van der Waals surface area contributed by atoms with Gasteiger partial charge < -0.3 is 15.4 Å². The van der Waals surface area contributed by atoms with Crippen molar-refractivity contribution in [2.24, 2.45) is 0 Å². The molecule has 1 heterocycles. The van der Waals surface area contributed by atoms with Crippen LogP contribution in [0.5, 0.6) is 5.75 Å². The lowest BCUT2D eigenvalue weighted by Crippen LogP contribution is -2.38. The molecule has 2 aromatic rings. The first kappa shape index (κ1) is 19.2. The lowest BCUT2D eigenvalue weighted by molar-refractivity contribution is -0.122. The zero-order chi connectivity index (χ0) is 20.1. The fraction of sp³-hybridized carbons (Fsp3) is 0.286. The Labute approximate surface area is 163 Å². The van der Waals surface area contributed by atoms with E-state index in [2.05, 4.69) is 10.6 Å². The standard InChI is InChI=1S/C21H22N4O3/c1-3-23-21(27)25-10-9-16-7-8-17(12-19(16)25)24-20(26)14(2)28-18-6-4-5-15(11-18)13-22/h4-8,11-12,14H,3,9-10H2,1-2H3,(H,23,27)(H,24,26)/t14-/m0/s1. The van der Waals surface area contributed by atoms with Crippen molar-refractivity contribution < 1.29 is 14.3 Å². The van der Waals surface area contributed by atoms with Gasteiger partial charge in [0, 0.05) is 18.8 Å². The van der Waals surface area contributed by atoms with Gasteiger partial charge in [0.05, 0.1) is 17.3 Å². The number of anilines is 2. The van der Waals surface area contributed by atoms with E-state index in [9.17, 15) is 9.59 Å². The second-order valence-corrected chi connectivity index (χ2v) is 6.47. The molecule has 0 aliphatic carbocycles. The zero-order valence-corrected chi connectivity index (χ0v) is 15.9. The lowest BCUT2D eigenvalue weighted by Gasteiger charge is -2.19. The summed E-state index contributed by atoms with van der Waals surface area (Å²) in [5, 5.41) is 14.6. The SMILES string of the molecule is CCNC(=O)N1CCc2ccc(NC(=O)[C@H](C)Oc3cccc(C#N)c3)cc21. The van der Waals surface area contributed by atoms with E-state index in [1.165, 1.54) is 0 Å². The molecule has 0 fully saturated rings. The van der Waals surface area contributed by atoms with Gasteiger partial charge >= 0.3 is 6.03 Å². The molecule has 144 valence electrons. The Morgan fingerprint density at radius 1 is 1.29 bits per heavy atom. The maximum Gasteiger partial charge on any atom is 0.321 e. The molecule has 3 rings (SSSR count). The third-order valence-electron chi connectivity index (χ3n) is 4.47. The quantitative estimate of drug-likeness (QED) is 0.836. The fourth-order valence-corrected chi connectivity index (χ4v) is 3.06. The van der Waals surface area contributed by atoms with Crippen molar-refractivity contribution in [1.29, 1.82) is 5.26 Å². The molecule has 1 atom stereocenters. The summed E-state index contributed by atoms with van der Waals surface area (Å²) in [6, 6.07) is 14.1. The highest BCUT2D eigenvalue weighted by Crippen LogP contribution is 2.31. The molecule has 0 saturated carbocycles. The number of nitrogens with one attached hydrogen (secondary N) is 2. The van der Waals surface area contributed by atoms with Crippen molar-refractivity contribution in [2.75, 3.05) is 23.3 Å². The molecule has 0 spiro atoms. The summed E-state index contributed by atoms with van der Waals surface area (Å²) >= 11 is 0. The molecule has 28 heavy (non-hydrogen) atoms. The van der Waals surface area contributed by atoms with Crippen LogP contribution < -0.4 is 20.3 Å². The van der Waals surface area contributed by atoms with Gasteiger partial charge in [0.2, 0.25) is 0 Å². The Balaban J connectivity index is 1.68. The molecule has 3 amide bonds. The maximum absolute atomic E-state index is 12.5. The van der Waals surface area contributed by atoms with Crippen molar-refractivity contribution in [2.45, 2.75) is 26.4 Å². The number of nitriles is 1. The number of carbonyl (C=O) groups excluding carboxylic acids is 2. The number of fused-ring (bicyclic) bond motifs is 1. The second-order valence-electron chi connectivity index (χ2n) is 6.47. The molecule has 0 aromatic heterocycles. The molecule has 7 heteroatoms. The average Bonchev–Trinajstić information content (AvgIpc) is 3.11. The van der Waals surface area contributed by atoms with Crippen molar-refractivity contribution >= 4 is 23.3 Å². The molecule has 1 aliphatic rings. The van der Waals surface area contributed by atoms with Gasteiger partial charge in [-0.15, -0.1) is 0 Å². The minimum atomic E-state index is -0.748. The van der Waals surface area contributed by atoms with Crippen molar-refractivity contribution in [3.05, 3.63) is 53.6 Å². The highest BCUT2D eigenvalue weighted by atomic mass is 16.5. The Morgan fingerprint density at radius 3 is 2.86 bits per heavy atom. The molecule has 2 N–H and O–H groups in total. The summed E-state index contributed by atoms with van der Waals surface area (Å²) in [4.78, 5) is 26.4. The van der Waals surface area contributed by atoms with Crippen LogP contribution in [0.3, 0.4) is 0 Å². The van der Waals surface area contributed by atoms with Gasteiger partial charge in [-0.1, -0.05) is 12.1 Å². The van der Waals surface area contributed by atoms with E-state index in [4.69, 9.17) is 10.00 Å². The largest absolute Gasteiger partial charge is 0.481 e. The summed E-state index contributed by atoms with van der Waals surface area (Å²) in [7, 11) is 0. The van der Waals surface area contributed by atoms with Crippen LogP contribution in [0.1, 0.15) is 25.0 Å². The number of amides is 3. The third-order valence-corrected chi connectivity index (χ3v) is 4.47. The third kappa shape index (κ3) is 4.23. The van der Waals surface area contributed by atoms with Gasteiger partial charge in [0.15, 0.2) is 6.10 Å². The van der Waals surface area contributed by atoms with Crippen LogP contribution in [0.4, 0.5) is 16.2 Å². The molecule has 0 saturated heterocycles. The Kier molecular flexibility index (Phi) is 5.80. The van der Waals surface area contributed by atoms with Crippen LogP contribution in [-0.4, -0.2) is 31.1 Å². The van der Waals surface area contributed by atoms with Gasteiger partial charge in [-0.25, -0.2) is 4.79 Å². The highest BCUT2D eigenvalue weighted by molar-refractivity contribution is 5.97. The topological polar surface area (TPSA) is 94.5 Å². The van der Waals surface area contributed by atoms with E-state index in [1.807, 2.05) is 25.1 Å². The summed E-state index contributed by atoms with van der Waals surface area (Å²) in [6.07, 6.45) is 0.0387. The highest BCUT2D eigenvalue weighted by Gasteiger charge is 2.25. The first-order valence-electron chi connectivity index (χ1n) is 9.17. The summed E-state index contributed by atoms with van der Waals surface area (Å²) in [6.45, 7) is 4.69. The first-order chi connectivity index (χ1) is 13.5. The number of nitrogens with zero attached hydrogens (tertiary/aromatic N) is 2. The number of ether oxygens (including phenoxy) is 1. The Hall–Kier alpha value is -3.53. The van der Waals surface area contributed by atoms with Gasteiger partial charge in [0.1, 0.15) is 5.75 Å². The Morgan fingerprint density at radius 2 is 2.11 bits per heavy atom. The molecule has 2 aromatic carbocycles. The van der Waals surface area contributed by atoms with E-state index in [0.29, 0.717) is 30.1 Å². The fourth-order valence-electron chi connectivity index (χ4n) is 3.06. The number of urea groups is 1. The van der Waals surface area contributed by atoms with E-state index in [1.54, 1.807) is 42.2 Å². The van der Waals surface area contributed by atoms with Crippen LogP contribution in [0.15, 0.2) is 42.5 Å². The summed E-state index contributed by atoms with van der Waals surface area (Å²) < 4.78 is 5.64. The molecule has 1 aliphatic heterocycles. The van der Waals surface area contributed by atoms with Crippen LogP contribution in [-0.2, 0) is 11.2 Å². The molecular weight excluding hydrogens is 356 g/mol.